The van der Waals surface area contributed by atoms with Crippen LogP contribution in [0.5, 0.6) is 5.75 Å². The van der Waals surface area contributed by atoms with E-state index in [-0.39, 0.29) is 5.56 Å². The van der Waals surface area contributed by atoms with Crippen molar-refractivity contribution in [3.63, 3.8) is 0 Å². The number of methoxy groups -OCH3 is 1. The van der Waals surface area contributed by atoms with Crippen LogP contribution in [0, 0.1) is 0 Å². The Hall–Kier alpha value is -3.38. The number of hydrazone groups is 1. The smallest absolute Gasteiger partial charge is 0.276 e. The Morgan fingerprint density at radius 3 is 2.68 bits per heavy atom. The van der Waals surface area contributed by atoms with Crippen LogP contribution in [0.15, 0.2) is 76.8 Å². The van der Waals surface area contributed by atoms with Crippen LogP contribution in [0.4, 0.5) is 0 Å². The van der Waals surface area contributed by atoms with Gasteiger partial charge in [0.1, 0.15) is 11.3 Å². The summed E-state index contributed by atoms with van der Waals surface area (Å²) in [5, 5.41) is 4.50. The molecule has 142 valence electrons. The molecule has 1 N–H and O–H groups in total. The second-order valence-corrected chi connectivity index (χ2v) is 6.39. The molecule has 1 aromatic heterocycles. The van der Waals surface area contributed by atoms with E-state index in [1.165, 1.54) is 16.8 Å². The molecule has 0 spiro atoms. The largest absolute Gasteiger partial charge is 0.497 e. The van der Waals surface area contributed by atoms with Gasteiger partial charge in [0.25, 0.3) is 11.5 Å². The van der Waals surface area contributed by atoms with Crippen molar-refractivity contribution in [1.29, 1.82) is 0 Å². The third-order valence-corrected chi connectivity index (χ3v) is 4.24. The van der Waals surface area contributed by atoms with Gasteiger partial charge in [-0.1, -0.05) is 23.7 Å². The van der Waals surface area contributed by atoms with Crippen molar-refractivity contribution in [3.8, 4) is 5.75 Å². The number of benzene rings is 2. The summed E-state index contributed by atoms with van der Waals surface area (Å²) < 4.78 is 6.54. The molecule has 0 atom stereocenters. The van der Waals surface area contributed by atoms with Gasteiger partial charge in [0.15, 0.2) is 0 Å². The molecule has 3 rings (SSSR count). The summed E-state index contributed by atoms with van der Waals surface area (Å²) in [5.41, 5.74) is 3.64. The van der Waals surface area contributed by atoms with Gasteiger partial charge in [-0.15, -0.1) is 0 Å². The minimum Gasteiger partial charge on any atom is -0.497 e. The van der Waals surface area contributed by atoms with E-state index in [4.69, 9.17) is 16.3 Å². The number of ether oxygens (including phenoxy) is 1. The number of aromatic nitrogens is 1. The van der Waals surface area contributed by atoms with E-state index in [1.807, 2.05) is 12.1 Å². The minimum atomic E-state index is -0.574. The van der Waals surface area contributed by atoms with Crippen molar-refractivity contribution in [2.24, 2.45) is 5.10 Å². The van der Waals surface area contributed by atoms with E-state index in [0.29, 0.717) is 11.6 Å². The molecular formula is C21H18ClN3O3. The van der Waals surface area contributed by atoms with E-state index >= 15 is 0 Å². The number of hydrogen-bond acceptors (Lipinski definition) is 4. The van der Waals surface area contributed by atoms with Crippen LogP contribution >= 0.6 is 11.6 Å². The maximum absolute atomic E-state index is 12.6. The molecule has 0 saturated heterocycles. The number of nitrogens with one attached hydrogen (secondary N) is 1. The summed E-state index contributed by atoms with van der Waals surface area (Å²) in [4.78, 5) is 24.9. The predicted molar refractivity (Wildman–Crippen MR) is 109 cm³/mol. The van der Waals surface area contributed by atoms with Gasteiger partial charge in [-0.3, -0.25) is 9.59 Å². The van der Waals surface area contributed by atoms with Crippen LogP contribution in [-0.2, 0) is 6.54 Å². The van der Waals surface area contributed by atoms with Crippen molar-refractivity contribution >= 4 is 23.7 Å². The lowest BCUT2D eigenvalue weighted by atomic mass is 10.2. The van der Waals surface area contributed by atoms with Crippen molar-refractivity contribution in [1.82, 2.24) is 9.99 Å². The van der Waals surface area contributed by atoms with Gasteiger partial charge in [-0.2, -0.15) is 5.10 Å². The number of carbonyl (C=O) groups excluding carboxylic acids is 1. The molecule has 0 aliphatic heterocycles. The van der Waals surface area contributed by atoms with E-state index in [9.17, 15) is 9.59 Å². The molecule has 3 aromatic rings. The summed E-state index contributed by atoms with van der Waals surface area (Å²) in [6.45, 7) is 0.315. The van der Waals surface area contributed by atoms with Crippen LogP contribution in [0.1, 0.15) is 21.5 Å². The molecule has 6 nitrogen and oxygen atoms in total. The van der Waals surface area contributed by atoms with Gasteiger partial charge in [-0.05, 0) is 59.7 Å². The minimum absolute atomic E-state index is 0.0106. The second kappa shape index (κ2) is 9.01. The van der Waals surface area contributed by atoms with Gasteiger partial charge < -0.3 is 9.30 Å². The summed E-state index contributed by atoms with van der Waals surface area (Å²) in [7, 11) is 1.59. The standard InChI is InChI=1S/C21H18ClN3O3/c1-28-18-9-7-15(8-10-18)13-23-24-20(26)19-6-3-11-25(21(19)27)14-16-4-2-5-17(22)12-16/h2-13H,14H2,1H3,(H,24,26)/b23-13-. The SMILES string of the molecule is COc1ccc(/C=N\NC(=O)c2cccn(Cc3cccc(Cl)c3)c2=O)cc1. The molecule has 0 aliphatic carbocycles. The summed E-state index contributed by atoms with van der Waals surface area (Å²) in [6, 6.07) is 17.5. The number of amides is 1. The average molecular weight is 396 g/mol. The molecule has 0 unspecified atom stereocenters. The third-order valence-electron chi connectivity index (χ3n) is 4.00. The Balaban J connectivity index is 1.71. The van der Waals surface area contributed by atoms with E-state index in [0.717, 1.165) is 16.9 Å². The Morgan fingerprint density at radius 2 is 1.96 bits per heavy atom. The van der Waals surface area contributed by atoms with Crippen LogP contribution in [0.25, 0.3) is 0 Å². The van der Waals surface area contributed by atoms with Gasteiger partial charge in [-0.25, -0.2) is 5.43 Å². The number of pyridine rings is 1. The molecule has 1 heterocycles. The zero-order valence-corrected chi connectivity index (χ0v) is 15.9. The molecule has 0 radical (unpaired) electrons. The topological polar surface area (TPSA) is 72.7 Å². The number of hydrogen-bond donors (Lipinski definition) is 1. The highest BCUT2D eigenvalue weighted by Crippen LogP contribution is 2.11. The first kappa shape index (κ1) is 19.4. The molecule has 0 saturated carbocycles. The maximum Gasteiger partial charge on any atom is 0.276 e. The van der Waals surface area contributed by atoms with E-state index < -0.39 is 11.5 Å². The highest BCUT2D eigenvalue weighted by Gasteiger charge is 2.11. The van der Waals surface area contributed by atoms with Gasteiger partial charge in [0.05, 0.1) is 19.9 Å². The first-order valence-corrected chi connectivity index (χ1v) is 8.86. The number of rotatable bonds is 6. The second-order valence-electron chi connectivity index (χ2n) is 5.96. The molecule has 0 fully saturated rings. The Bertz CT molecular complexity index is 1060. The van der Waals surface area contributed by atoms with Gasteiger partial charge in [0.2, 0.25) is 0 Å². The van der Waals surface area contributed by atoms with Crippen LogP contribution in [-0.4, -0.2) is 23.8 Å². The Morgan fingerprint density at radius 1 is 1.18 bits per heavy atom. The zero-order valence-electron chi connectivity index (χ0n) is 15.1. The fourth-order valence-electron chi connectivity index (χ4n) is 2.58. The maximum atomic E-state index is 12.6. The lowest BCUT2D eigenvalue weighted by Crippen LogP contribution is -2.30. The molecule has 7 heteroatoms. The third kappa shape index (κ3) is 4.86. The molecule has 0 bridgehead atoms. The molecular weight excluding hydrogens is 378 g/mol. The first-order chi connectivity index (χ1) is 13.6. The molecule has 2 aromatic carbocycles. The highest BCUT2D eigenvalue weighted by molar-refractivity contribution is 6.30. The summed E-state index contributed by atoms with van der Waals surface area (Å²) in [5.74, 6) is 0.154. The summed E-state index contributed by atoms with van der Waals surface area (Å²) >= 11 is 5.98. The lowest BCUT2D eigenvalue weighted by molar-refractivity contribution is 0.0953. The predicted octanol–water partition coefficient (Wildman–Crippen LogP) is 3.32. The molecule has 28 heavy (non-hydrogen) atoms. The monoisotopic (exact) mass is 395 g/mol. The zero-order chi connectivity index (χ0) is 19.9. The van der Waals surface area contributed by atoms with Gasteiger partial charge >= 0.3 is 0 Å². The lowest BCUT2D eigenvalue weighted by Gasteiger charge is -2.08. The molecule has 1 amide bonds. The quantitative estimate of drug-likeness (QED) is 0.514. The highest BCUT2D eigenvalue weighted by atomic mass is 35.5. The van der Waals surface area contributed by atoms with Crippen LogP contribution < -0.4 is 15.7 Å². The Labute approximate surface area is 167 Å². The Kier molecular flexibility index (Phi) is 6.24. The van der Waals surface area contributed by atoms with Gasteiger partial charge in [0, 0.05) is 11.2 Å². The fourth-order valence-corrected chi connectivity index (χ4v) is 2.79. The van der Waals surface area contributed by atoms with Crippen molar-refractivity contribution in [3.05, 3.63) is 98.9 Å². The first-order valence-electron chi connectivity index (χ1n) is 8.48. The van der Waals surface area contributed by atoms with Crippen molar-refractivity contribution in [2.45, 2.75) is 6.54 Å². The number of nitrogens with zero attached hydrogens (tertiary/aromatic N) is 2. The summed E-state index contributed by atoms with van der Waals surface area (Å²) in [6.07, 6.45) is 3.12. The van der Waals surface area contributed by atoms with Crippen molar-refractivity contribution in [2.75, 3.05) is 7.11 Å². The van der Waals surface area contributed by atoms with E-state index in [2.05, 4.69) is 10.5 Å². The number of carbonyl (C=O) groups is 1. The number of halogens is 1. The average Bonchev–Trinajstić information content (AvgIpc) is 2.70. The fraction of sp³-hybridized carbons (Fsp3) is 0.0952. The molecule has 0 aliphatic rings. The van der Waals surface area contributed by atoms with Crippen LogP contribution in [0.2, 0.25) is 5.02 Å². The van der Waals surface area contributed by atoms with Crippen molar-refractivity contribution < 1.29 is 9.53 Å². The van der Waals surface area contributed by atoms with E-state index in [1.54, 1.807) is 55.8 Å². The normalized spacial score (nSPS) is 10.8. The van der Waals surface area contributed by atoms with Crippen LogP contribution in [0.3, 0.4) is 0 Å².